The third-order valence-corrected chi connectivity index (χ3v) is 11.6. The van der Waals surface area contributed by atoms with E-state index in [-0.39, 0.29) is 12.3 Å². The average Bonchev–Trinajstić information content (AvgIpc) is 4.23. The van der Waals surface area contributed by atoms with Gasteiger partial charge < -0.3 is 34.0 Å². The van der Waals surface area contributed by atoms with E-state index in [1.807, 2.05) is 57.3 Å². The topological polar surface area (TPSA) is 189 Å². The number of rotatable bonds is 12. The van der Waals surface area contributed by atoms with Crippen LogP contribution in [0.4, 0.5) is 11.4 Å². The van der Waals surface area contributed by atoms with Crippen molar-refractivity contribution in [3.8, 4) is 22.3 Å². The largest absolute Gasteiger partial charge is 0.481 e. The molecule has 1 amide bonds. The fraction of sp³-hybridized carbons (Fsp3) is 0.333. The Bertz CT molecular complexity index is 2740. The first-order valence-corrected chi connectivity index (χ1v) is 22.2. The van der Waals surface area contributed by atoms with E-state index in [1.54, 1.807) is 32.1 Å². The van der Waals surface area contributed by atoms with E-state index in [9.17, 15) is 9.59 Å². The lowest BCUT2D eigenvalue weighted by Crippen LogP contribution is -2.48. The number of hydrogen-bond acceptors (Lipinski definition) is 13. The minimum absolute atomic E-state index is 0.222. The molecule has 2 saturated heterocycles. The number of carboxylic acids is 1. The zero-order chi connectivity index (χ0) is 45.0. The van der Waals surface area contributed by atoms with Crippen LogP contribution in [-0.4, -0.2) is 113 Å². The van der Waals surface area contributed by atoms with Gasteiger partial charge in [-0.1, -0.05) is 38.1 Å². The van der Waals surface area contributed by atoms with Crippen molar-refractivity contribution in [2.24, 2.45) is 0 Å². The van der Waals surface area contributed by atoms with E-state index in [1.165, 1.54) is 5.69 Å². The van der Waals surface area contributed by atoms with Crippen LogP contribution in [0.3, 0.4) is 0 Å². The number of hydrogen-bond donors (Lipinski definition) is 2. The van der Waals surface area contributed by atoms with Crippen molar-refractivity contribution in [1.29, 1.82) is 0 Å². The summed E-state index contributed by atoms with van der Waals surface area (Å²) in [5, 5.41) is 28.0. The molecule has 10 rings (SSSR count). The number of carbonyl (C=O) groups excluding carboxylic acids is 1. The molecule has 0 atom stereocenters. The minimum atomic E-state index is -0.745. The summed E-state index contributed by atoms with van der Waals surface area (Å²) in [7, 11) is 0. The Hall–Kier alpha value is -7.40. The smallest absolute Gasteiger partial charge is 0.303 e. The van der Waals surface area contributed by atoms with Gasteiger partial charge in [0.25, 0.3) is 0 Å². The molecule has 0 radical (unpaired) electrons. The zero-order valence-corrected chi connectivity index (χ0v) is 36.8. The molecule has 0 unspecified atom stereocenters. The first kappa shape index (κ1) is 44.2. The Balaban J connectivity index is 0.000000162. The Kier molecular flexibility index (Phi) is 14.5. The maximum Gasteiger partial charge on any atom is 0.303 e. The van der Waals surface area contributed by atoms with E-state index < -0.39 is 5.97 Å². The molecule has 2 N–H and O–H groups in total. The minimum Gasteiger partial charge on any atom is -0.481 e. The molecule has 0 aliphatic carbocycles. The first-order valence-electron chi connectivity index (χ1n) is 22.2. The van der Waals surface area contributed by atoms with Crippen LogP contribution in [0.15, 0.2) is 119 Å². The van der Waals surface area contributed by atoms with Crippen molar-refractivity contribution in [2.75, 3.05) is 62.2 Å². The second kappa shape index (κ2) is 21.3. The highest BCUT2D eigenvalue weighted by molar-refractivity contribution is 5.79. The maximum absolute atomic E-state index is 11.9. The summed E-state index contributed by atoms with van der Waals surface area (Å²) >= 11 is 0. The van der Waals surface area contributed by atoms with Gasteiger partial charge in [-0.05, 0) is 59.7 Å². The van der Waals surface area contributed by atoms with Crippen LogP contribution in [0.2, 0.25) is 0 Å². The van der Waals surface area contributed by atoms with Crippen molar-refractivity contribution >= 4 is 34.5 Å². The lowest BCUT2D eigenvalue weighted by atomic mass is 10.1. The molecule has 2 aliphatic heterocycles. The number of carboxylic acid groups (broad SMARTS) is 1. The third-order valence-electron chi connectivity index (χ3n) is 11.6. The van der Waals surface area contributed by atoms with Crippen molar-refractivity contribution in [1.82, 2.24) is 49.4 Å². The van der Waals surface area contributed by atoms with Crippen molar-refractivity contribution in [3.63, 3.8) is 0 Å². The summed E-state index contributed by atoms with van der Waals surface area (Å²) in [6, 6.07) is 24.9. The van der Waals surface area contributed by atoms with E-state index >= 15 is 0 Å². The van der Waals surface area contributed by atoms with Crippen molar-refractivity contribution in [3.05, 3.63) is 134 Å². The summed E-state index contributed by atoms with van der Waals surface area (Å²) in [6.07, 6.45) is 14.5. The normalized spacial score (nSPS) is 13.9. The lowest BCUT2D eigenvalue weighted by Gasteiger charge is -2.36. The van der Waals surface area contributed by atoms with Gasteiger partial charge >= 0.3 is 5.97 Å². The highest BCUT2D eigenvalue weighted by atomic mass is 16.4. The van der Waals surface area contributed by atoms with Crippen LogP contribution in [0.5, 0.6) is 0 Å². The van der Waals surface area contributed by atoms with Crippen molar-refractivity contribution in [2.45, 2.75) is 52.4 Å². The van der Waals surface area contributed by atoms with Crippen LogP contribution in [0.25, 0.3) is 33.5 Å². The van der Waals surface area contributed by atoms with E-state index in [2.05, 4.69) is 89.0 Å². The number of aromatic nitrogens is 8. The Morgan fingerprint density at radius 1 is 0.615 bits per heavy atom. The number of aliphatic carboxylic acids is 1. The Labute approximate surface area is 376 Å². The van der Waals surface area contributed by atoms with Gasteiger partial charge in [0.15, 0.2) is 11.3 Å². The lowest BCUT2D eigenvalue weighted by molar-refractivity contribution is -0.136. The van der Waals surface area contributed by atoms with Gasteiger partial charge in [-0.15, -0.1) is 20.4 Å². The van der Waals surface area contributed by atoms with Crippen LogP contribution in [-0.2, 0) is 35.3 Å². The van der Waals surface area contributed by atoms with Crippen LogP contribution in [0.1, 0.15) is 49.9 Å². The van der Waals surface area contributed by atoms with E-state index in [0.29, 0.717) is 6.42 Å². The molecule has 0 spiro atoms. The van der Waals surface area contributed by atoms with Gasteiger partial charge in [0, 0.05) is 126 Å². The van der Waals surface area contributed by atoms with Gasteiger partial charge in [0.1, 0.15) is 35.8 Å². The molecule has 2 aromatic carbocycles. The molecule has 17 nitrogen and oxygen atoms in total. The van der Waals surface area contributed by atoms with Crippen LogP contribution < -0.4 is 15.1 Å². The number of nitrogens with one attached hydrogen (secondary N) is 1. The monoisotopic (exact) mass is 878 g/mol. The Morgan fingerprint density at radius 2 is 1.08 bits per heavy atom. The fourth-order valence-electron chi connectivity index (χ4n) is 7.95. The third kappa shape index (κ3) is 10.9. The predicted octanol–water partition coefficient (Wildman–Crippen LogP) is 6.29. The molecular formula is C48H54N12O5. The van der Waals surface area contributed by atoms with Crippen LogP contribution >= 0.6 is 0 Å². The Morgan fingerprint density at radius 3 is 1.49 bits per heavy atom. The van der Waals surface area contributed by atoms with Gasteiger partial charge in [0.05, 0.1) is 12.5 Å². The zero-order valence-electron chi connectivity index (χ0n) is 36.8. The average molecular weight is 879 g/mol. The van der Waals surface area contributed by atoms with Gasteiger partial charge in [-0.2, -0.15) is 0 Å². The number of amides is 1. The summed E-state index contributed by atoms with van der Waals surface area (Å²) < 4.78 is 14.8. The molecule has 8 aromatic rings. The molecule has 2 fully saturated rings. The predicted molar refractivity (Wildman–Crippen MR) is 247 cm³/mol. The number of aryl methyl sites for hydroxylation is 4. The molecule has 65 heavy (non-hydrogen) atoms. The summed E-state index contributed by atoms with van der Waals surface area (Å²) in [6.45, 7) is 10.9. The van der Waals surface area contributed by atoms with E-state index in [4.69, 9.17) is 18.9 Å². The molecular weight excluding hydrogens is 825 g/mol. The number of carbonyl (C=O) groups is 2. The standard InChI is InChI=1S/C24H26N6O2.C21H22N6O.C3H6O2/c1-2-23(31)29-13-11-28(12-14-29)19-7-5-18(6-8-19)21-16-25-22(30-17-26-27-24(21)30)10-9-20-4-3-15-32-20;1-2-18(28-13-1)7-8-20-23-14-19(21-25-24-15-27(20)21)16-3-5-17(6-4-16)26-11-9-22-10-12-26;1-2-3(4)5/h3-8,15-17H,2,9-14H2,1H3;1-6,13-15,22H,7-12H2;2H2,1H3,(H,4,5). The molecule has 6 aromatic heterocycles. The molecule has 2 aliphatic rings. The first-order chi connectivity index (χ1) is 31.9. The van der Waals surface area contributed by atoms with Gasteiger partial charge in [-0.25, -0.2) is 9.97 Å². The fourth-order valence-corrected chi connectivity index (χ4v) is 7.95. The highest BCUT2D eigenvalue weighted by Crippen LogP contribution is 2.28. The van der Waals surface area contributed by atoms with Crippen LogP contribution in [0, 0.1) is 0 Å². The molecule has 8 heterocycles. The number of nitrogens with zero attached hydrogens (tertiary/aromatic N) is 11. The summed E-state index contributed by atoms with van der Waals surface area (Å²) in [5.74, 6) is 3.21. The van der Waals surface area contributed by atoms with Crippen molar-refractivity contribution < 1.29 is 23.5 Å². The number of fused-ring (bicyclic) bond motifs is 2. The SMILES string of the molecule is CCC(=O)N1CCN(c2ccc(-c3cnc(CCc4ccco4)n4cnnc34)cc2)CC1.CCC(=O)O.c1coc(CCc2ncc(-c3ccc(N4CCNCC4)cc3)c3nncn23)c1. The van der Waals surface area contributed by atoms with E-state index in [0.717, 1.165) is 140 Å². The maximum atomic E-state index is 11.9. The number of piperazine rings is 2. The second-order valence-corrected chi connectivity index (χ2v) is 15.7. The molecule has 0 bridgehead atoms. The van der Waals surface area contributed by atoms with Gasteiger partial charge in [0.2, 0.25) is 5.91 Å². The highest BCUT2D eigenvalue weighted by Gasteiger charge is 2.21. The number of anilines is 2. The molecule has 17 heteroatoms. The number of benzene rings is 2. The van der Waals surface area contributed by atoms with Gasteiger partial charge in [-0.3, -0.25) is 18.4 Å². The summed E-state index contributed by atoms with van der Waals surface area (Å²) in [4.78, 5) is 37.3. The second-order valence-electron chi connectivity index (χ2n) is 15.7. The quantitative estimate of drug-likeness (QED) is 0.139. The molecule has 336 valence electrons. The number of furan rings is 2. The molecule has 0 saturated carbocycles. The summed E-state index contributed by atoms with van der Waals surface area (Å²) in [5.41, 5.74) is 8.15.